The Bertz CT molecular complexity index is 866. The largest absolute Gasteiger partial charge is 0.490 e. The Hall–Kier alpha value is -3.14. The van der Waals surface area contributed by atoms with Gasteiger partial charge in [-0.1, -0.05) is 13.0 Å². The van der Waals surface area contributed by atoms with Gasteiger partial charge in [0.2, 0.25) is 5.88 Å². The standard InChI is InChI=1S/C22H28N2O5/c1-6-13(4)28-17-10-9-15(11-18(17)26-7-2)20-16(12-23)21(24)29-14(5)19(20)22(25)27-8-3/h9-11,13,20H,6-8,24H2,1-5H3. The molecule has 0 amide bonds. The third-order valence-electron chi connectivity index (χ3n) is 4.60. The second kappa shape index (κ2) is 9.87. The zero-order valence-corrected chi connectivity index (χ0v) is 17.6. The van der Waals surface area contributed by atoms with Crippen molar-refractivity contribution in [3.8, 4) is 17.6 Å². The molecule has 0 aromatic heterocycles. The van der Waals surface area contributed by atoms with Crippen molar-refractivity contribution in [2.75, 3.05) is 13.2 Å². The van der Waals surface area contributed by atoms with Gasteiger partial charge in [0.25, 0.3) is 0 Å². The van der Waals surface area contributed by atoms with Crippen molar-refractivity contribution in [3.63, 3.8) is 0 Å². The number of nitrogens with zero attached hydrogens (tertiary/aromatic N) is 1. The summed E-state index contributed by atoms with van der Waals surface area (Å²) in [6.07, 6.45) is 0.866. The molecule has 0 saturated carbocycles. The Morgan fingerprint density at radius 3 is 2.59 bits per heavy atom. The maximum Gasteiger partial charge on any atom is 0.338 e. The fourth-order valence-corrected chi connectivity index (χ4v) is 3.06. The van der Waals surface area contributed by atoms with Crippen LogP contribution in [0.4, 0.5) is 0 Å². The summed E-state index contributed by atoms with van der Waals surface area (Å²) in [5.41, 5.74) is 7.01. The number of hydrogen-bond acceptors (Lipinski definition) is 7. The second-order valence-corrected chi connectivity index (χ2v) is 6.59. The van der Waals surface area contributed by atoms with E-state index in [0.717, 1.165) is 6.42 Å². The zero-order chi connectivity index (χ0) is 21.6. The van der Waals surface area contributed by atoms with Crippen molar-refractivity contribution in [2.45, 2.75) is 53.1 Å². The first-order valence-corrected chi connectivity index (χ1v) is 9.76. The van der Waals surface area contributed by atoms with E-state index < -0.39 is 11.9 Å². The van der Waals surface area contributed by atoms with Crippen molar-refractivity contribution < 1.29 is 23.7 Å². The average molecular weight is 400 g/mol. The Kier molecular flexibility index (Phi) is 7.54. The zero-order valence-electron chi connectivity index (χ0n) is 17.6. The third kappa shape index (κ3) is 4.83. The van der Waals surface area contributed by atoms with E-state index in [9.17, 15) is 10.1 Å². The molecule has 2 atom stereocenters. The first kappa shape index (κ1) is 22.2. The molecule has 1 aromatic carbocycles. The van der Waals surface area contributed by atoms with Crippen LogP contribution < -0.4 is 15.2 Å². The summed E-state index contributed by atoms with van der Waals surface area (Å²) >= 11 is 0. The first-order chi connectivity index (χ1) is 13.9. The van der Waals surface area contributed by atoms with Crippen LogP contribution in [0.25, 0.3) is 0 Å². The quantitative estimate of drug-likeness (QED) is 0.660. The maximum atomic E-state index is 12.6. The van der Waals surface area contributed by atoms with Crippen molar-refractivity contribution in [1.82, 2.24) is 0 Å². The predicted octanol–water partition coefficient (Wildman–Crippen LogP) is 3.91. The molecule has 7 nitrogen and oxygen atoms in total. The number of esters is 1. The fourth-order valence-electron chi connectivity index (χ4n) is 3.06. The molecule has 29 heavy (non-hydrogen) atoms. The summed E-state index contributed by atoms with van der Waals surface area (Å²) in [6.45, 7) is 9.88. The Morgan fingerprint density at radius 1 is 1.28 bits per heavy atom. The molecule has 156 valence electrons. The monoisotopic (exact) mass is 400 g/mol. The average Bonchev–Trinajstić information content (AvgIpc) is 2.69. The van der Waals surface area contributed by atoms with Gasteiger partial charge < -0.3 is 24.7 Å². The lowest BCUT2D eigenvalue weighted by atomic mass is 9.83. The second-order valence-electron chi connectivity index (χ2n) is 6.59. The van der Waals surface area contributed by atoms with Crippen LogP contribution >= 0.6 is 0 Å². The highest BCUT2D eigenvalue weighted by Crippen LogP contribution is 2.42. The van der Waals surface area contributed by atoms with Crippen LogP contribution in [-0.4, -0.2) is 25.3 Å². The molecule has 1 aliphatic heterocycles. The van der Waals surface area contributed by atoms with E-state index in [4.69, 9.17) is 24.7 Å². The van der Waals surface area contributed by atoms with Gasteiger partial charge in [-0.15, -0.1) is 0 Å². The molecule has 0 spiro atoms. The van der Waals surface area contributed by atoms with Gasteiger partial charge in [0.15, 0.2) is 11.5 Å². The van der Waals surface area contributed by atoms with Crippen LogP contribution in [0.1, 0.15) is 52.5 Å². The molecule has 0 fully saturated rings. The van der Waals surface area contributed by atoms with Crippen molar-refractivity contribution in [3.05, 3.63) is 46.6 Å². The van der Waals surface area contributed by atoms with E-state index in [1.807, 2.05) is 20.8 Å². The fraction of sp³-hybridized carbons (Fsp3) is 0.455. The molecule has 2 unspecified atom stereocenters. The maximum absolute atomic E-state index is 12.6. The van der Waals surface area contributed by atoms with Gasteiger partial charge in [0.1, 0.15) is 17.4 Å². The van der Waals surface area contributed by atoms with Crippen LogP contribution in [0.15, 0.2) is 41.0 Å². The molecule has 1 heterocycles. The van der Waals surface area contributed by atoms with E-state index in [2.05, 4.69) is 6.07 Å². The molecular formula is C22H28N2O5. The van der Waals surface area contributed by atoms with Gasteiger partial charge in [-0.3, -0.25) is 0 Å². The Morgan fingerprint density at radius 2 is 2.00 bits per heavy atom. The number of benzene rings is 1. The van der Waals surface area contributed by atoms with Gasteiger partial charge in [-0.25, -0.2) is 4.79 Å². The molecule has 0 saturated heterocycles. The van der Waals surface area contributed by atoms with Crippen LogP contribution in [0, 0.1) is 11.3 Å². The van der Waals surface area contributed by atoms with E-state index >= 15 is 0 Å². The molecule has 0 aliphatic carbocycles. The lowest BCUT2D eigenvalue weighted by molar-refractivity contribution is -0.139. The molecular weight excluding hydrogens is 372 g/mol. The van der Waals surface area contributed by atoms with Crippen LogP contribution in [-0.2, 0) is 14.3 Å². The molecule has 0 bridgehead atoms. The minimum atomic E-state index is -0.718. The number of carbonyl (C=O) groups excluding carboxylic acids is 1. The number of rotatable bonds is 8. The molecule has 0 radical (unpaired) electrons. The highest BCUT2D eigenvalue weighted by atomic mass is 16.5. The lowest BCUT2D eigenvalue weighted by Gasteiger charge is -2.27. The number of carbonyl (C=O) groups is 1. The van der Waals surface area contributed by atoms with Crippen LogP contribution in [0.2, 0.25) is 0 Å². The van der Waals surface area contributed by atoms with E-state index in [0.29, 0.717) is 29.4 Å². The summed E-state index contributed by atoms with van der Waals surface area (Å²) < 4.78 is 22.3. The minimum absolute atomic E-state index is 0.0191. The summed E-state index contributed by atoms with van der Waals surface area (Å²) in [5, 5.41) is 9.69. The molecule has 1 aliphatic rings. The summed E-state index contributed by atoms with van der Waals surface area (Å²) in [6, 6.07) is 7.43. The van der Waals surface area contributed by atoms with Gasteiger partial charge in [0.05, 0.1) is 30.8 Å². The van der Waals surface area contributed by atoms with Crippen LogP contribution in [0.3, 0.4) is 0 Å². The number of allylic oxidation sites excluding steroid dienone is 2. The SMILES string of the molecule is CCOC(=O)C1=C(C)OC(N)=C(C#N)C1c1ccc(OC(C)CC)c(OCC)c1. The number of hydrogen-bond donors (Lipinski definition) is 1. The molecule has 2 rings (SSSR count). The molecule has 7 heteroatoms. The van der Waals surface area contributed by atoms with E-state index in [1.54, 1.807) is 32.0 Å². The van der Waals surface area contributed by atoms with Crippen molar-refractivity contribution in [1.29, 1.82) is 5.26 Å². The number of nitrogens with two attached hydrogens (primary N) is 1. The van der Waals surface area contributed by atoms with Gasteiger partial charge in [0, 0.05) is 0 Å². The topological polar surface area (TPSA) is 104 Å². The smallest absolute Gasteiger partial charge is 0.338 e. The first-order valence-electron chi connectivity index (χ1n) is 9.76. The van der Waals surface area contributed by atoms with Gasteiger partial charge in [-0.05, 0) is 51.8 Å². The van der Waals surface area contributed by atoms with Crippen molar-refractivity contribution >= 4 is 5.97 Å². The van der Waals surface area contributed by atoms with Crippen LogP contribution in [0.5, 0.6) is 11.5 Å². The highest BCUT2D eigenvalue weighted by Gasteiger charge is 2.36. The summed E-state index contributed by atoms with van der Waals surface area (Å²) in [7, 11) is 0. The third-order valence-corrected chi connectivity index (χ3v) is 4.60. The lowest BCUT2D eigenvalue weighted by Crippen LogP contribution is -2.25. The van der Waals surface area contributed by atoms with Crippen molar-refractivity contribution in [2.24, 2.45) is 5.73 Å². The number of nitriles is 1. The molecule has 2 N–H and O–H groups in total. The van der Waals surface area contributed by atoms with Gasteiger partial charge in [-0.2, -0.15) is 5.26 Å². The summed E-state index contributed by atoms with van der Waals surface area (Å²) in [4.78, 5) is 12.6. The number of ether oxygens (including phenoxy) is 4. The minimum Gasteiger partial charge on any atom is -0.490 e. The van der Waals surface area contributed by atoms with E-state index in [1.165, 1.54) is 0 Å². The van der Waals surface area contributed by atoms with Gasteiger partial charge >= 0.3 is 5.97 Å². The Balaban J connectivity index is 2.59. The van der Waals surface area contributed by atoms with E-state index in [-0.39, 0.29) is 29.7 Å². The molecule has 1 aromatic rings. The Labute approximate surface area is 171 Å². The highest BCUT2D eigenvalue weighted by molar-refractivity contribution is 5.92. The predicted molar refractivity (Wildman–Crippen MR) is 108 cm³/mol. The summed E-state index contributed by atoms with van der Waals surface area (Å²) in [5.74, 6) is 0.154. The normalized spacial score (nSPS) is 17.3.